The summed E-state index contributed by atoms with van der Waals surface area (Å²) in [5.41, 5.74) is 1.18. The van der Waals surface area contributed by atoms with Gasteiger partial charge in [-0.15, -0.1) is 6.58 Å². The van der Waals surface area contributed by atoms with E-state index in [-0.39, 0.29) is 29.8 Å². The Morgan fingerprint density at radius 3 is 2.59 bits per heavy atom. The summed E-state index contributed by atoms with van der Waals surface area (Å²) >= 11 is 0. The van der Waals surface area contributed by atoms with Crippen LogP contribution in [0.25, 0.3) is 0 Å². The van der Waals surface area contributed by atoms with Gasteiger partial charge in [-0.1, -0.05) is 36.4 Å². The molecule has 1 N–H and O–H groups in total. The van der Waals surface area contributed by atoms with Crippen molar-refractivity contribution in [2.75, 3.05) is 32.8 Å². The minimum Gasteiger partial charge on any atom is -0.396 e. The lowest BCUT2D eigenvalue weighted by molar-refractivity contribution is -0.138. The number of aliphatic hydroxyl groups is 1. The largest absolute Gasteiger partial charge is 0.396 e. The molecule has 0 spiro atoms. The van der Waals surface area contributed by atoms with Crippen LogP contribution in [0.5, 0.6) is 0 Å². The number of amides is 2. The first-order chi connectivity index (χ1) is 13.1. The van der Waals surface area contributed by atoms with E-state index >= 15 is 0 Å². The molecule has 2 fully saturated rings. The molecular weight excluding hydrogens is 340 g/mol. The molecular formula is C22H30N2O3. The molecule has 0 aromatic heterocycles. The Kier molecular flexibility index (Phi) is 6.32. The van der Waals surface area contributed by atoms with Gasteiger partial charge in [0.2, 0.25) is 11.8 Å². The Bertz CT molecular complexity index is 665. The molecule has 146 valence electrons. The molecule has 0 aliphatic carbocycles. The maximum Gasteiger partial charge on any atom is 0.227 e. The molecule has 1 aromatic carbocycles. The molecule has 5 nitrogen and oxygen atoms in total. The van der Waals surface area contributed by atoms with Crippen molar-refractivity contribution in [1.29, 1.82) is 0 Å². The molecule has 2 aliphatic rings. The number of aryl methyl sites for hydroxylation is 1. The number of nitrogens with zero attached hydrogens (tertiary/aromatic N) is 2. The lowest BCUT2D eigenvalue weighted by Crippen LogP contribution is -2.47. The number of piperidine rings is 1. The van der Waals surface area contributed by atoms with Gasteiger partial charge < -0.3 is 14.9 Å². The van der Waals surface area contributed by atoms with Crippen LogP contribution in [-0.4, -0.2) is 59.5 Å². The number of rotatable bonds is 7. The highest BCUT2D eigenvalue weighted by atomic mass is 16.3. The van der Waals surface area contributed by atoms with Crippen LogP contribution in [0, 0.1) is 11.3 Å². The first-order valence-electron chi connectivity index (χ1n) is 9.89. The first kappa shape index (κ1) is 19.6. The average molecular weight is 370 g/mol. The standard InChI is InChI=1S/C22H30N2O3/c1-2-12-24-16-19(15-20(24)26)21(27)23-13-10-22(17-25,11-14-23)9-8-18-6-4-3-5-7-18/h2-7,19,25H,1,8-17H2/t19-/m1/s1. The van der Waals surface area contributed by atoms with Crippen LogP contribution >= 0.6 is 0 Å². The molecule has 2 heterocycles. The van der Waals surface area contributed by atoms with Crippen molar-refractivity contribution in [3.8, 4) is 0 Å². The third-order valence-electron chi connectivity index (χ3n) is 6.17. The zero-order valence-electron chi connectivity index (χ0n) is 16.0. The molecule has 2 saturated heterocycles. The van der Waals surface area contributed by atoms with Gasteiger partial charge in [0.05, 0.1) is 5.92 Å². The zero-order valence-corrected chi connectivity index (χ0v) is 16.0. The number of likely N-dealkylation sites (tertiary alicyclic amines) is 2. The van der Waals surface area contributed by atoms with E-state index in [0.29, 0.717) is 32.6 Å². The van der Waals surface area contributed by atoms with Crippen molar-refractivity contribution >= 4 is 11.8 Å². The topological polar surface area (TPSA) is 60.9 Å². The molecule has 3 rings (SSSR count). The Morgan fingerprint density at radius 1 is 1.26 bits per heavy atom. The van der Waals surface area contributed by atoms with Gasteiger partial charge in [-0.3, -0.25) is 9.59 Å². The monoisotopic (exact) mass is 370 g/mol. The van der Waals surface area contributed by atoms with Gasteiger partial charge >= 0.3 is 0 Å². The number of carbonyl (C=O) groups is 2. The third-order valence-corrected chi connectivity index (χ3v) is 6.17. The van der Waals surface area contributed by atoms with Gasteiger partial charge in [0.1, 0.15) is 0 Å². The molecule has 27 heavy (non-hydrogen) atoms. The summed E-state index contributed by atoms with van der Waals surface area (Å²) in [5, 5.41) is 10.0. The van der Waals surface area contributed by atoms with Crippen LogP contribution in [0.1, 0.15) is 31.2 Å². The van der Waals surface area contributed by atoms with E-state index in [4.69, 9.17) is 0 Å². The quantitative estimate of drug-likeness (QED) is 0.749. The fourth-order valence-electron chi connectivity index (χ4n) is 4.27. The molecule has 1 atom stereocenters. The molecule has 0 bridgehead atoms. The van der Waals surface area contributed by atoms with E-state index in [1.165, 1.54) is 5.56 Å². The maximum atomic E-state index is 12.8. The van der Waals surface area contributed by atoms with Gasteiger partial charge in [0.15, 0.2) is 0 Å². The lowest BCUT2D eigenvalue weighted by atomic mass is 9.74. The summed E-state index contributed by atoms with van der Waals surface area (Å²) in [5.74, 6) is -0.106. The predicted molar refractivity (Wildman–Crippen MR) is 105 cm³/mol. The molecule has 2 aliphatic heterocycles. The van der Waals surface area contributed by atoms with Crippen molar-refractivity contribution in [3.63, 3.8) is 0 Å². The predicted octanol–water partition coefficient (Wildman–Crippen LogP) is 2.25. The van der Waals surface area contributed by atoms with Crippen LogP contribution in [0.2, 0.25) is 0 Å². The van der Waals surface area contributed by atoms with Crippen molar-refractivity contribution in [3.05, 3.63) is 48.6 Å². The van der Waals surface area contributed by atoms with Crippen molar-refractivity contribution in [2.24, 2.45) is 11.3 Å². The van der Waals surface area contributed by atoms with E-state index < -0.39 is 0 Å². The maximum absolute atomic E-state index is 12.8. The molecule has 5 heteroatoms. The SMILES string of the molecule is C=CCN1C[C@H](C(=O)N2CCC(CO)(CCc3ccccc3)CC2)CC1=O. The average Bonchev–Trinajstić information content (AvgIpc) is 3.08. The number of carbonyl (C=O) groups excluding carboxylic acids is 2. The van der Waals surface area contributed by atoms with Gasteiger partial charge in [0, 0.05) is 39.2 Å². The smallest absolute Gasteiger partial charge is 0.227 e. The van der Waals surface area contributed by atoms with Crippen molar-refractivity contribution in [1.82, 2.24) is 9.80 Å². The highest BCUT2D eigenvalue weighted by molar-refractivity contribution is 5.89. The third kappa shape index (κ3) is 4.59. The van der Waals surface area contributed by atoms with Crippen molar-refractivity contribution in [2.45, 2.75) is 32.1 Å². The Morgan fingerprint density at radius 2 is 1.96 bits per heavy atom. The second-order valence-corrected chi connectivity index (χ2v) is 7.96. The van der Waals surface area contributed by atoms with Crippen LogP contribution in [0.15, 0.2) is 43.0 Å². The van der Waals surface area contributed by atoms with Gasteiger partial charge in [-0.25, -0.2) is 0 Å². The number of hydrogen-bond acceptors (Lipinski definition) is 3. The van der Waals surface area contributed by atoms with Gasteiger partial charge in [0.25, 0.3) is 0 Å². The van der Waals surface area contributed by atoms with Crippen molar-refractivity contribution < 1.29 is 14.7 Å². The Labute approximate surface area is 161 Å². The zero-order chi connectivity index (χ0) is 19.3. The van der Waals surface area contributed by atoms with E-state index in [2.05, 4.69) is 18.7 Å². The van der Waals surface area contributed by atoms with Crippen LogP contribution < -0.4 is 0 Å². The van der Waals surface area contributed by atoms with E-state index in [9.17, 15) is 14.7 Å². The Hall–Kier alpha value is -2.14. The molecule has 0 radical (unpaired) electrons. The second kappa shape index (κ2) is 8.70. The summed E-state index contributed by atoms with van der Waals surface area (Å²) in [6.45, 7) is 6.18. The molecule has 1 aromatic rings. The van der Waals surface area contributed by atoms with Crippen LogP contribution in [0.3, 0.4) is 0 Å². The fraction of sp³-hybridized carbons (Fsp3) is 0.545. The van der Waals surface area contributed by atoms with Crippen LogP contribution in [-0.2, 0) is 16.0 Å². The van der Waals surface area contributed by atoms with Gasteiger partial charge in [-0.05, 0) is 36.7 Å². The summed E-state index contributed by atoms with van der Waals surface area (Å²) < 4.78 is 0. The second-order valence-electron chi connectivity index (χ2n) is 7.96. The van der Waals surface area contributed by atoms with E-state index in [0.717, 1.165) is 25.7 Å². The molecule has 0 unspecified atom stereocenters. The van der Waals surface area contributed by atoms with E-state index in [1.54, 1.807) is 11.0 Å². The van der Waals surface area contributed by atoms with Crippen LogP contribution in [0.4, 0.5) is 0 Å². The summed E-state index contributed by atoms with van der Waals surface area (Å²) in [6, 6.07) is 10.3. The lowest BCUT2D eigenvalue weighted by Gasteiger charge is -2.41. The highest BCUT2D eigenvalue weighted by Crippen LogP contribution is 2.36. The summed E-state index contributed by atoms with van der Waals surface area (Å²) in [6.07, 6.45) is 5.53. The minimum atomic E-state index is -0.233. The fourth-order valence-corrected chi connectivity index (χ4v) is 4.27. The number of aliphatic hydroxyl groups excluding tert-OH is 1. The summed E-state index contributed by atoms with van der Waals surface area (Å²) in [7, 11) is 0. The van der Waals surface area contributed by atoms with E-state index in [1.807, 2.05) is 23.1 Å². The number of benzene rings is 1. The van der Waals surface area contributed by atoms with Gasteiger partial charge in [-0.2, -0.15) is 0 Å². The molecule has 0 saturated carbocycles. The normalized spacial score (nSPS) is 22.1. The first-order valence-corrected chi connectivity index (χ1v) is 9.89. The number of hydrogen-bond donors (Lipinski definition) is 1. The minimum absolute atomic E-state index is 0.0397. The summed E-state index contributed by atoms with van der Waals surface area (Å²) in [4.78, 5) is 28.4. The Balaban J connectivity index is 1.53. The highest BCUT2D eigenvalue weighted by Gasteiger charge is 2.40. The molecule has 2 amide bonds.